The molecule has 0 aliphatic heterocycles. The number of esters is 1. The van der Waals surface area contributed by atoms with Crippen molar-refractivity contribution in [3.05, 3.63) is 36.5 Å². The predicted octanol–water partition coefficient (Wildman–Crippen LogP) is 13.0. The number of hydrogen-bond acceptors (Lipinski definition) is 11. The van der Waals surface area contributed by atoms with Crippen LogP contribution in [0.3, 0.4) is 0 Å². The number of carbonyl (C=O) groups is 1. The van der Waals surface area contributed by atoms with Crippen LogP contribution in [0, 0.1) is 0 Å². The van der Waals surface area contributed by atoms with E-state index in [4.69, 9.17) is 18.5 Å². The van der Waals surface area contributed by atoms with E-state index >= 15 is 0 Å². The molecule has 1 rings (SSSR count). The van der Waals surface area contributed by atoms with Crippen molar-refractivity contribution in [2.45, 2.75) is 288 Å². The average molecular weight is 987 g/mol. The van der Waals surface area contributed by atoms with Crippen LogP contribution < -0.4 is 0 Å². The largest absolute Gasteiger partial charge is 0.472 e. The number of phosphoric ester groups is 1. The van der Waals surface area contributed by atoms with Crippen LogP contribution in [0.5, 0.6) is 0 Å². The zero-order chi connectivity index (χ0) is 49.8. The van der Waals surface area contributed by atoms with Crippen LogP contribution in [0.2, 0.25) is 0 Å². The highest BCUT2D eigenvalue weighted by molar-refractivity contribution is 7.47. The molecule has 0 radical (unpaired) electrons. The van der Waals surface area contributed by atoms with Gasteiger partial charge in [-0.1, -0.05) is 204 Å². The Hall–Kier alpha value is -1.44. The molecule has 13 heteroatoms. The van der Waals surface area contributed by atoms with E-state index < -0.39 is 63.1 Å². The van der Waals surface area contributed by atoms with Crippen molar-refractivity contribution in [2.24, 2.45) is 0 Å². The van der Waals surface area contributed by atoms with E-state index in [-0.39, 0.29) is 13.0 Å². The lowest BCUT2D eigenvalue weighted by Gasteiger charge is -2.41. The lowest BCUT2D eigenvalue weighted by atomic mass is 9.85. The first-order valence-electron chi connectivity index (χ1n) is 27.8. The fraction of sp³-hybridized carbons (Fsp3) is 0.873. The summed E-state index contributed by atoms with van der Waals surface area (Å²) in [5.41, 5.74) is 0. The molecule has 0 aromatic heterocycles. The molecule has 1 saturated carbocycles. The summed E-state index contributed by atoms with van der Waals surface area (Å²) >= 11 is 0. The lowest BCUT2D eigenvalue weighted by molar-refractivity contribution is -0.220. The molecule has 0 spiro atoms. The molecule has 400 valence electrons. The molecule has 12 nitrogen and oxygen atoms in total. The number of carbonyl (C=O) groups excluding carboxylic acids is 1. The van der Waals surface area contributed by atoms with Crippen LogP contribution in [0.1, 0.15) is 245 Å². The van der Waals surface area contributed by atoms with Crippen LogP contribution in [0.4, 0.5) is 0 Å². The molecule has 68 heavy (non-hydrogen) atoms. The second kappa shape index (κ2) is 45.4. The SMILES string of the molecule is CCCCCCC/C=C\C/C=C\CCCCCCCCCCCC(=O)OC(COCCCCCCCCCCCC/C=C\CCCCCCCC)COP(=O)(O)OC1C(O)C(O)C(O)C(O)C1O. The van der Waals surface area contributed by atoms with Crippen molar-refractivity contribution < 1.29 is 58.3 Å². The number of phosphoric acid groups is 1. The molecule has 6 atom stereocenters. The van der Waals surface area contributed by atoms with Gasteiger partial charge in [-0.3, -0.25) is 13.8 Å². The average Bonchev–Trinajstić information content (AvgIpc) is 3.32. The Kier molecular flexibility index (Phi) is 43.1. The number of hydrogen-bond donors (Lipinski definition) is 6. The number of unbranched alkanes of at least 4 members (excludes halogenated alkanes) is 30. The molecular weight excluding hydrogens is 884 g/mol. The standard InChI is InChI=1S/C55H103O12P/c1-3-5-7-9-11-13-15-17-19-21-23-25-26-28-30-32-34-36-38-40-42-44-49(56)66-48(47-65-68(62,63)67-55-53(60)51(58)50(57)52(59)54(55)61)46-64-45-43-41-39-37-35-33-31-29-27-24-22-20-18-16-14-12-10-8-6-4-2/h15,17-18,20-21,23,48,50-55,57-61H,3-14,16,19,22,24-47H2,1-2H3,(H,62,63)/b17-15-,20-18-,23-21-. The van der Waals surface area contributed by atoms with Crippen LogP contribution >= 0.6 is 7.82 Å². The van der Waals surface area contributed by atoms with E-state index in [1.807, 2.05) is 0 Å². The fourth-order valence-corrected chi connectivity index (χ4v) is 9.53. The van der Waals surface area contributed by atoms with Crippen molar-refractivity contribution in [1.29, 1.82) is 0 Å². The second-order valence-electron chi connectivity index (χ2n) is 19.4. The van der Waals surface area contributed by atoms with Gasteiger partial charge >= 0.3 is 13.8 Å². The minimum Gasteiger partial charge on any atom is -0.457 e. The van der Waals surface area contributed by atoms with Crippen LogP contribution in [-0.2, 0) is 27.9 Å². The zero-order valence-corrected chi connectivity index (χ0v) is 44.1. The van der Waals surface area contributed by atoms with E-state index in [1.54, 1.807) is 0 Å². The third-order valence-electron chi connectivity index (χ3n) is 13.0. The van der Waals surface area contributed by atoms with Crippen LogP contribution in [-0.4, -0.2) is 98.9 Å². The Morgan fingerprint density at radius 3 is 1.25 bits per heavy atom. The Morgan fingerprint density at radius 2 is 0.824 bits per heavy atom. The molecule has 0 aromatic rings. The smallest absolute Gasteiger partial charge is 0.457 e. The summed E-state index contributed by atoms with van der Waals surface area (Å²) in [5.74, 6) is -0.479. The van der Waals surface area contributed by atoms with E-state index in [0.717, 1.165) is 51.4 Å². The van der Waals surface area contributed by atoms with Gasteiger partial charge < -0.3 is 39.9 Å². The van der Waals surface area contributed by atoms with E-state index in [1.165, 1.54) is 167 Å². The molecule has 0 saturated heterocycles. The number of ether oxygens (including phenoxy) is 2. The van der Waals surface area contributed by atoms with Gasteiger partial charge in [0, 0.05) is 13.0 Å². The van der Waals surface area contributed by atoms with E-state index in [2.05, 4.69) is 50.3 Å². The van der Waals surface area contributed by atoms with Gasteiger partial charge in [0.15, 0.2) is 0 Å². The highest BCUT2D eigenvalue weighted by Gasteiger charge is 2.51. The molecule has 0 aromatic carbocycles. The summed E-state index contributed by atoms with van der Waals surface area (Å²) < 4.78 is 34.4. The summed E-state index contributed by atoms with van der Waals surface area (Å²) in [5, 5.41) is 50.4. The molecular formula is C55H103O12P. The Balaban J connectivity index is 2.31. The maximum absolute atomic E-state index is 12.9. The van der Waals surface area contributed by atoms with Crippen molar-refractivity contribution in [1.82, 2.24) is 0 Å². The van der Waals surface area contributed by atoms with Crippen LogP contribution in [0.25, 0.3) is 0 Å². The Labute approximate surface area is 414 Å². The molecule has 1 aliphatic rings. The summed E-state index contributed by atoms with van der Waals surface area (Å²) in [6.45, 7) is 4.28. The van der Waals surface area contributed by atoms with Gasteiger partial charge in [0.25, 0.3) is 0 Å². The van der Waals surface area contributed by atoms with Gasteiger partial charge in [0.2, 0.25) is 0 Å². The summed E-state index contributed by atoms with van der Waals surface area (Å²) in [7, 11) is -5.03. The predicted molar refractivity (Wildman–Crippen MR) is 276 cm³/mol. The minimum atomic E-state index is -5.03. The second-order valence-corrected chi connectivity index (χ2v) is 20.8. The van der Waals surface area contributed by atoms with Crippen molar-refractivity contribution >= 4 is 13.8 Å². The highest BCUT2D eigenvalue weighted by Crippen LogP contribution is 2.47. The van der Waals surface area contributed by atoms with Gasteiger partial charge in [0.1, 0.15) is 42.7 Å². The number of allylic oxidation sites excluding steroid dienone is 6. The first-order valence-corrected chi connectivity index (χ1v) is 29.3. The topological polar surface area (TPSA) is 192 Å². The third kappa shape index (κ3) is 36.5. The molecule has 1 fully saturated rings. The maximum Gasteiger partial charge on any atom is 0.472 e. The maximum atomic E-state index is 12.9. The van der Waals surface area contributed by atoms with Gasteiger partial charge in [-0.25, -0.2) is 4.57 Å². The lowest BCUT2D eigenvalue weighted by Crippen LogP contribution is -2.64. The minimum absolute atomic E-state index is 0.0775. The molecule has 6 unspecified atom stereocenters. The van der Waals surface area contributed by atoms with Gasteiger partial charge in [-0.15, -0.1) is 0 Å². The third-order valence-corrected chi connectivity index (χ3v) is 14.0. The van der Waals surface area contributed by atoms with Crippen molar-refractivity contribution in [3.63, 3.8) is 0 Å². The van der Waals surface area contributed by atoms with Crippen LogP contribution in [0.15, 0.2) is 36.5 Å². The number of aliphatic hydroxyl groups excluding tert-OH is 5. The number of aliphatic hydroxyl groups is 5. The molecule has 6 N–H and O–H groups in total. The molecule has 0 amide bonds. The monoisotopic (exact) mass is 987 g/mol. The normalized spacial score (nSPS) is 21.4. The van der Waals surface area contributed by atoms with Gasteiger partial charge in [0.05, 0.1) is 13.2 Å². The van der Waals surface area contributed by atoms with E-state index in [0.29, 0.717) is 13.0 Å². The van der Waals surface area contributed by atoms with Gasteiger partial charge in [-0.2, -0.15) is 0 Å². The van der Waals surface area contributed by atoms with Crippen molar-refractivity contribution in [3.8, 4) is 0 Å². The van der Waals surface area contributed by atoms with Gasteiger partial charge in [-0.05, 0) is 70.6 Å². The highest BCUT2D eigenvalue weighted by atomic mass is 31.2. The fourth-order valence-electron chi connectivity index (χ4n) is 8.56. The first kappa shape index (κ1) is 64.6. The summed E-state index contributed by atoms with van der Waals surface area (Å²) in [6.07, 6.45) is 43.5. The summed E-state index contributed by atoms with van der Waals surface area (Å²) in [4.78, 5) is 23.3. The van der Waals surface area contributed by atoms with E-state index in [9.17, 15) is 39.8 Å². The molecule has 0 bridgehead atoms. The Bertz CT molecular complexity index is 1260. The molecule has 0 heterocycles. The first-order chi connectivity index (χ1) is 33.0. The zero-order valence-electron chi connectivity index (χ0n) is 43.2. The Morgan fingerprint density at radius 1 is 0.471 bits per heavy atom. The molecule has 1 aliphatic carbocycles. The number of rotatable bonds is 48. The quantitative estimate of drug-likeness (QED) is 0.0147. The van der Waals surface area contributed by atoms with Crippen molar-refractivity contribution in [2.75, 3.05) is 19.8 Å². The summed E-state index contributed by atoms with van der Waals surface area (Å²) in [6, 6.07) is 0.